The van der Waals surface area contributed by atoms with E-state index in [9.17, 15) is 0 Å². The van der Waals surface area contributed by atoms with E-state index in [1.54, 1.807) is 0 Å². The molecule has 19 rings (SSSR count). The number of nitrogens with zero attached hydrogens (tertiary/aromatic N) is 7. The normalized spacial score (nSPS) is 13.7. The smallest absolute Gasteiger partial charge is 0.204 e. The Morgan fingerprint density at radius 3 is 1.22 bits per heavy atom. The third-order valence-corrected chi connectivity index (χ3v) is 18.5. The van der Waals surface area contributed by atoms with Gasteiger partial charge in [0.25, 0.3) is 0 Å². The lowest BCUT2D eigenvalue weighted by molar-refractivity contribution is 0.516. The quantitative estimate of drug-likeness (QED) is 0.162. The van der Waals surface area contributed by atoms with Crippen LogP contribution in [0.2, 0.25) is 0 Å². The highest BCUT2D eigenvalue weighted by molar-refractivity contribution is 6.25. The molecule has 0 saturated heterocycles. The van der Waals surface area contributed by atoms with Gasteiger partial charge in [-0.2, -0.15) is 0 Å². The van der Waals surface area contributed by atoms with Crippen molar-refractivity contribution in [2.24, 2.45) is 9.98 Å². The first-order valence-electron chi connectivity index (χ1n) is 30.4. The lowest BCUT2D eigenvalue weighted by Gasteiger charge is -2.25. The number of nitrogens with one attached hydrogen (secondary N) is 1. The molecule has 1 aliphatic rings. The summed E-state index contributed by atoms with van der Waals surface area (Å²) >= 11 is 0. The molecule has 416 valence electrons. The molecule has 1 aliphatic heterocycles. The van der Waals surface area contributed by atoms with E-state index >= 15 is 0 Å². The maximum Gasteiger partial charge on any atom is 0.204 e. The summed E-state index contributed by atoms with van der Waals surface area (Å²) in [6.45, 7) is 0. The molecular formula is C81H52N8. The standard InChI is InChI=1S/C81H52N8/c1-6-22-51(23-7-1)79-82-80(52-24-8-2-9-25-52)84-81(83-79)89-71-37-21-18-33-60(71)66-48-58(40-45-74(66)89)86-72-43-38-54(47-65(72)68-50-75-67(49-76(68)86)61-34-17-19-35-69(61)85(75)55-26-10-3-11-27-55)53-39-44-73-64(46-53)63-42-41-62-59-32-16-20-36-70(59)87(56-28-12-4-13-29-56)77(62)78(63)88(73)57-30-14-5-15-31-57/h1-50,81H,(H,82,83,84). The van der Waals surface area contributed by atoms with E-state index < -0.39 is 6.29 Å². The van der Waals surface area contributed by atoms with Crippen molar-refractivity contribution >= 4 is 121 Å². The molecule has 0 saturated carbocycles. The van der Waals surface area contributed by atoms with Crippen LogP contribution in [0.15, 0.2) is 313 Å². The lowest BCUT2D eigenvalue weighted by atomic mass is 10.00. The number of hydrogen-bond donors (Lipinski definition) is 1. The van der Waals surface area contributed by atoms with Crippen molar-refractivity contribution in [3.63, 3.8) is 0 Å². The molecule has 0 amide bonds. The number of fused-ring (bicyclic) bond motifs is 16. The minimum absolute atomic E-state index is 0.482. The van der Waals surface area contributed by atoms with Crippen molar-refractivity contribution < 1.29 is 0 Å². The van der Waals surface area contributed by atoms with E-state index in [0.717, 1.165) is 94.7 Å². The van der Waals surface area contributed by atoms with E-state index in [0.29, 0.717) is 5.84 Å². The van der Waals surface area contributed by atoms with E-state index in [2.05, 4.69) is 307 Å². The number of amidine groups is 2. The van der Waals surface area contributed by atoms with Crippen LogP contribution in [0.1, 0.15) is 17.4 Å². The number of benzene rings is 13. The van der Waals surface area contributed by atoms with Crippen molar-refractivity contribution in [3.05, 3.63) is 314 Å². The summed E-state index contributed by atoms with van der Waals surface area (Å²) < 4.78 is 12.2. The van der Waals surface area contributed by atoms with Crippen molar-refractivity contribution in [1.82, 2.24) is 28.2 Å². The summed E-state index contributed by atoms with van der Waals surface area (Å²) in [4.78, 5) is 10.5. The minimum atomic E-state index is -0.482. The summed E-state index contributed by atoms with van der Waals surface area (Å²) in [6.07, 6.45) is -0.482. The molecule has 89 heavy (non-hydrogen) atoms. The van der Waals surface area contributed by atoms with Crippen LogP contribution in [0.5, 0.6) is 0 Å². The van der Waals surface area contributed by atoms with Crippen LogP contribution in [0.4, 0.5) is 0 Å². The maximum atomic E-state index is 5.39. The van der Waals surface area contributed by atoms with Gasteiger partial charge in [0.2, 0.25) is 6.29 Å². The Balaban J connectivity index is 0.841. The Labute approximate surface area is 510 Å². The van der Waals surface area contributed by atoms with E-state index in [1.165, 1.54) is 65.2 Å². The average molecular weight is 1140 g/mol. The van der Waals surface area contributed by atoms with Gasteiger partial charge in [-0.15, -0.1) is 0 Å². The SMILES string of the molecule is c1ccc(C2=NC(n3c4ccccc4c4cc(-n5c6ccc(-c7ccc8c(c7)c7ccc9c%10ccccc%10n(-c%10ccccc%10)c9c7n8-c7ccccc7)cc6c6cc7c(cc65)c5ccccc5n7-c5ccccc5)ccc43)NC(c3ccccc3)=N2)cc1. The molecular weight excluding hydrogens is 1080 g/mol. The zero-order valence-electron chi connectivity index (χ0n) is 48.1. The summed E-state index contributed by atoms with van der Waals surface area (Å²) in [6, 6.07) is 110. The monoisotopic (exact) mass is 1140 g/mol. The highest BCUT2D eigenvalue weighted by atomic mass is 15.3. The number of aliphatic imine (C=N–C) groups is 2. The molecule has 0 radical (unpaired) electrons. The van der Waals surface area contributed by atoms with Crippen LogP contribution in [-0.4, -0.2) is 34.5 Å². The van der Waals surface area contributed by atoms with Crippen LogP contribution in [0.3, 0.4) is 0 Å². The predicted octanol–water partition coefficient (Wildman–Crippen LogP) is 19.8. The van der Waals surface area contributed by atoms with E-state index in [4.69, 9.17) is 9.98 Å². The summed E-state index contributed by atoms with van der Waals surface area (Å²) in [5.74, 6) is 1.46. The average Bonchev–Trinajstić information content (AvgIpc) is 1.68. The van der Waals surface area contributed by atoms with Crippen LogP contribution >= 0.6 is 0 Å². The van der Waals surface area contributed by atoms with Gasteiger partial charge in [-0.05, 0) is 120 Å². The zero-order valence-corrected chi connectivity index (χ0v) is 48.1. The van der Waals surface area contributed by atoms with Gasteiger partial charge in [0.1, 0.15) is 5.84 Å². The van der Waals surface area contributed by atoms with Gasteiger partial charge in [0.05, 0.1) is 55.2 Å². The molecule has 6 heterocycles. The molecule has 0 spiro atoms. The molecule has 8 heteroatoms. The van der Waals surface area contributed by atoms with Gasteiger partial charge < -0.3 is 28.2 Å². The Bertz CT molecular complexity index is 5980. The molecule has 8 nitrogen and oxygen atoms in total. The minimum Gasteiger partial charge on any atom is -0.331 e. The van der Waals surface area contributed by atoms with Gasteiger partial charge >= 0.3 is 0 Å². The fourth-order valence-electron chi connectivity index (χ4n) is 14.6. The van der Waals surface area contributed by atoms with Crippen molar-refractivity contribution in [2.45, 2.75) is 6.29 Å². The largest absolute Gasteiger partial charge is 0.331 e. The topological polar surface area (TPSA) is 61.4 Å². The van der Waals surface area contributed by atoms with Crippen molar-refractivity contribution in [1.29, 1.82) is 0 Å². The van der Waals surface area contributed by atoms with Gasteiger partial charge in [-0.1, -0.05) is 194 Å². The van der Waals surface area contributed by atoms with Crippen LogP contribution in [0, 0.1) is 0 Å². The second kappa shape index (κ2) is 19.3. The van der Waals surface area contributed by atoms with Gasteiger partial charge in [-0.3, -0.25) is 0 Å². The van der Waals surface area contributed by atoms with Gasteiger partial charge in [0.15, 0.2) is 5.84 Å². The van der Waals surface area contributed by atoms with E-state index in [1.807, 2.05) is 24.3 Å². The second-order valence-corrected chi connectivity index (χ2v) is 23.3. The first kappa shape index (κ1) is 49.3. The summed E-state index contributed by atoms with van der Waals surface area (Å²) in [7, 11) is 0. The summed E-state index contributed by atoms with van der Waals surface area (Å²) in [5, 5.41) is 15.7. The second-order valence-electron chi connectivity index (χ2n) is 23.3. The van der Waals surface area contributed by atoms with Crippen LogP contribution in [0.25, 0.3) is 143 Å². The van der Waals surface area contributed by atoms with E-state index in [-0.39, 0.29) is 0 Å². The molecule has 13 aromatic carbocycles. The Morgan fingerprint density at radius 2 is 0.629 bits per heavy atom. The predicted molar refractivity (Wildman–Crippen MR) is 370 cm³/mol. The number of rotatable bonds is 8. The first-order chi connectivity index (χ1) is 44.2. The van der Waals surface area contributed by atoms with Crippen molar-refractivity contribution in [3.8, 4) is 33.9 Å². The van der Waals surface area contributed by atoms with Gasteiger partial charge in [0, 0.05) is 87.7 Å². The fourth-order valence-corrected chi connectivity index (χ4v) is 14.6. The molecule has 18 aromatic rings. The van der Waals surface area contributed by atoms with Crippen LogP contribution < -0.4 is 5.32 Å². The highest BCUT2D eigenvalue weighted by Crippen LogP contribution is 2.46. The molecule has 1 atom stereocenters. The van der Waals surface area contributed by atoms with Crippen molar-refractivity contribution in [2.75, 3.05) is 0 Å². The first-order valence-corrected chi connectivity index (χ1v) is 30.4. The molecule has 0 aliphatic carbocycles. The molecule has 5 aromatic heterocycles. The fraction of sp³-hybridized carbons (Fsp3) is 0.0123. The third kappa shape index (κ3) is 7.41. The zero-order chi connectivity index (χ0) is 58.3. The molecule has 1 N–H and O–H groups in total. The molecule has 0 bridgehead atoms. The van der Waals surface area contributed by atoms with Gasteiger partial charge in [-0.25, -0.2) is 9.98 Å². The maximum absolute atomic E-state index is 5.39. The number of aromatic nitrogens is 5. The Morgan fingerprint density at radius 1 is 0.247 bits per heavy atom. The number of hydrogen-bond acceptors (Lipinski definition) is 3. The van der Waals surface area contributed by atoms with Crippen LogP contribution in [-0.2, 0) is 0 Å². The highest BCUT2D eigenvalue weighted by Gasteiger charge is 2.27. The molecule has 0 fully saturated rings. The third-order valence-electron chi connectivity index (χ3n) is 18.5. The molecule has 1 unspecified atom stereocenters. The Kier molecular flexibility index (Phi) is 10.7. The lowest BCUT2D eigenvalue weighted by Crippen LogP contribution is -2.36. The number of para-hydroxylation sites is 6. The summed E-state index contributed by atoms with van der Waals surface area (Å²) in [5.41, 5.74) is 20.2. The Hall–Kier alpha value is -12.0.